The fourth-order valence-electron chi connectivity index (χ4n) is 5.29. The average molecular weight is 585 g/mol. The Kier molecular flexibility index (Phi) is 8.56. The molecule has 1 aromatic heterocycles. The van der Waals surface area contributed by atoms with E-state index in [-0.39, 0.29) is 29.5 Å². The van der Waals surface area contributed by atoms with E-state index >= 15 is 0 Å². The van der Waals surface area contributed by atoms with Crippen LogP contribution in [0.1, 0.15) is 30.5 Å². The van der Waals surface area contributed by atoms with Gasteiger partial charge in [0.1, 0.15) is 6.33 Å². The Labute approximate surface area is 247 Å². The first-order chi connectivity index (χ1) is 20.8. The molecule has 1 aliphatic carbocycles. The summed E-state index contributed by atoms with van der Waals surface area (Å²) in [5.74, 6) is 1.47. The molecule has 12 nitrogen and oxygen atoms in total. The van der Waals surface area contributed by atoms with Crippen LogP contribution < -0.4 is 35.6 Å². The van der Waals surface area contributed by atoms with Gasteiger partial charge in [-0.25, -0.2) is 4.98 Å². The Hall–Kier alpha value is -5.39. The zero-order valence-corrected chi connectivity index (χ0v) is 24.2. The molecule has 0 unspecified atom stereocenters. The maximum atomic E-state index is 13.4. The van der Waals surface area contributed by atoms with E-state index in [0.717, 1.165) is 16.7 Å². The molecule has 0 radical (unpaired) electrons. The molecule has 3 aromatic carbocycles. The number of hydrogen-bond donors (Lipinski definition) is 4. The van der Waals surface area contributed by atoms with Crippen molar-refractivity contribution in [1.82, 2.24) is 20.5 Å². The molecule has 0 saturated carbocycles. The third-order valence-corrected chi connectivity index (χ3v) is 7.21. The maximum Gasteiger partial charge on any atom is 0.243 e. The lowest BCUT2D eigenvalue weighted by Crippen LogP contribution is -2.27. The lowest BCUT2D eigenvalue weighted by Gasteiger charge is -2.19. The number of benzene rings is 2. The Morgan fingerprint density at radius 1 is 1.00 bits per heavy atom. The predicted octanol–water partition coefficient (Wildman–Crippen LogP) is 3.70. The molecule has 1 heterocycles. The summed E-state index contributed by atoms with van der Waals surface area (Å²) in [5, 5.41) is 15.4. The Morgan fingerprint density at radius 3 is 2.42 bits per heavy atom. The van der Waals surface area contributed by atoms with Crippen molar-refractivity contribution < 1.29 is 23.8 Å². The van der Waals surface area contributed by atoms with Gasteiger partial charge in [0.05, 0.1) is 39.6 Å². The lowest BCUT2D eigenvalue weighted by atomic mass is 9.95. The Balaban J connectivity index is 1.46. The summed E-state index contributed by atoms with van der Waals surface area (Å²) in [4.78, 5) is 42.5. The molecule has 2 amide bonds. The smallest absolute Gasteiger partial charge is 0.243 e. The third-order valence-electron chi connectivity index (χ3n) is 7.21. The molecule has 4 N–H and O–H groups in total. The summed E-state index contributed by atoms with van der Waals surface area (Å²) >= 11 is 0. The van der Waals surface area contributed by atoms with E-state index in [1.807, 2.05) is 18.2 Å². The molecular formula is C31H32N6O6. The number of amides is 2. The molecule has 5 rings (SSSR count). The summed E-state index contributed by atoms with van der Waals surface area (Å²) in [5.41, 5.74) is 4.32. The van der Waals surface area contributed by atoms with Crippen molar-refractivity contribution in [2.24, 2.45) is 0 Å². The third kappa shape index (κ3) is 6.13. The number of anilines is 2. The number of carbonyl (C=O) groups excluding carboxylic acids is 2. The van der Waals surface area contributed by atoms with Crippen molar-refractivity contribution in [3.8, 4) is 39.8 Å². The van der Waals surface area contributed by atoms with Crippen LogP contribution in [-0.4, -0.2) is 54.9 Å². The van der Waals surface area contributed by atoms with Gasteiger partial charge < -0.3 is 30.2 Å². The lowest BCUT2D eigenvalue weighted by molar-refractivity contribution is -0.119. The van der Waals surface area contributed by atoms with E-state index in [1.165, 1.54) is 26.4 Å². The van der Waals surface area contributed by atoms with Gasteiger partial charge in [-0.2, -0.15) is 5.10 Å². The summed E-state index contributed by atoms with van der Waals surface area (Å²) in [6.45, 7) is 1.30. The van der Waals surface area contributed by atoms with Crippen LogP contribution in [0.5, 0.6) is 17.2 Å². The van der Waals surface area contributed by atoms with Crippen molar-refractivity contribution in [2.75, 3.05) is 38.5 Å². The van der Waals surface area contributed by atoms with Crippen LogP contribution in [0.2, 0.25) is 0 Å². The number of aromatic amines is 1. The molecule has 0 aliphatic heterocycles. The van der Waals surface area contributed by atoms with Crippen molar-refractivity contribution in [3.05, 3.63) is 76.2 Å². The van der Waals surface area contributed by atoms with E-state index in [1.54, 1.807) is 38.5 Å². The van der Waals surface area contributed by atoms with Crippen LogP contribution in [-0.2, 0) is 16.0 Å². The fourth-order valence-corrected chi connectivity index (χ4v) is 5.29. The minimum atomic E-state index is -0.433. The highest BCUT2D eigenvalue weighted by Crippen LogP contribution is 2.50. The highest BCUT2D eigenvalue weighted by atomic mass is 16.5. The highest BCUT2D eigenvalue weighted by Gasteiger charge is 2.29. The van der Waals surface area contributed by atoms with Gasteiger partial charge in [-0.15, -0.1) is 0 Å². The molecule has 0 spiro atoms. The topological polar surface area (TPSA) is 157 Å². The summed E-state index contributed by atoms with van der Waals surface area (Å²) < 4.78 is 17.0. The van der Waals surface area contributed by atoms with E-state index in [2.05, 4.69) is 31.1 Å². The standard InChI is InChI=1S/C31H32N6O6/c1-17(38)35-23-11-7-19-13-26(41-2)29(42-3)30(43-4)28(19)21-10-12-24(25(39)14-22(21)23)32-15-27(40)36-20-8-5-18(6-9-20)31-33-16-34-37-31/h5-6,8-10,12-14,16,23H,7,11,15H2,1-4H3,(H,32,39)(H,35,38)(H,36,40)(H,33,34,37)/t23-/m0/s1. The minimum absolute atomic E-state index is 0.145. The average Bonchev–Trinajstić information content (AvgIpc) is 3.44. The van der Waals surface area contributed by atoms with Crippen LogP contribution >= 0.6 is 0 Å². The van der Waals surface area contributed by atoms with Crippen molar-refractivity contribution in [1.29, 1.82) is 0 Å². The normalized spacial score (nSPS) is 13.5. The van der Waals surface area contributed by atoms with E-state index in [9.17, 15) is 14.4 Å². The number of H-pyrrole nitrogens is 1. The molecule has 4 aromatic rings. The molecule has 0 fully saturated rings. The number of nitrogens with one attached hydrogen (secondary N) is 4. The van der Waals surface area contributed by atoms with Crippen LogP contribution in [0.25, 0.3) is 22.5 Å². The molecular weight excluding hydrogens is 552 g/mol. The van der Waals surface area contributed by atoms with Gasteiger partial charge in [0.2, 0.25) is 23.0 Å². The zero-order valence-electron chi connectivity index (χ0n) is 24.2. The first-order valence-corrected chi connectivity index (χ1v) is 13.6. The number of nitrogens with zero attached hydrogens (tertiary/aromatic N) is 2. The van der Waals surface area contributed by atoms with E-state index in [0.29, 0.717) is 52.7 Å². The number of hydrogen-bond acceptors (Lipinski definition) is 9. The number of fused-ring (bicyclic) bond motifs is 3. The molecule has 222 valence electrons. The van der Waals surface area contributed by atoms with Gasteiger partial charge in [-0.1, -0.05) is 6.07 Å². The summed E-state index contributed by atoms with van der Waals surface area (Å²) in [6, 6.07) is 13.5. The fraction of sp³-hybridized carbons (Fsp3) is 0.258. The number of rotatable bonds is 9. The predicted molar refractivity (Wildman–Crippen MR) is 162 cm³/mol. The quantitative estimate of drug-likeness (QED) is 0.230. The second kappa shape index (κ2) is 12.6. The van der Waals surface area contributed by atoms with Crippen molar-refractivity contribution in [3.63, 3.8) is 0 Å². The number of carbonyl (C=O) groups is 2. The maximum absolute atomic E-state index is 13.4. The second-order valence-corrected chi connectivity index (χ2v) is 9.91. The van der Waals surface area contributed by atoms with Crippen LogP contribution in [0, 0.1) is 0 Å². The first kappa shape index (κ1) is 29.1. The van der Waals surface area contributed by atoms with Crippen LogP contribution in [0.3, 0.4) is 0 Å². The van der Waals surface area contributed by atoms with Crippen LogP contribution in [0.4, 0.5) is 11.4 Å². The molecule has 43 heavy (non-hydrogen) atoms. The zero-order chi connectivity index (χ0) is 30.5. The monoisotopic (exact) mass is 584 g/mol. The molecule has 0 saturated heterocycles. The van der Waals surface area contributed by atoms with E-state index in [4.69, 9.17) is 14.2 Å². The summed E-state index contributed by atoms with van der Waals surface area (Å²) in [6.07, 6.45) is 2.56. The van der Waals surface area contributed by atoms with Crippen LogP contribution in [0.15, 0.2) is 59.7 Å². The molecule has 0 bridgehead atoms. The Morgan fingerprint density at radius 2 is 1.77 bits per heavy atom. The largest absolute Gasteiger partial charge is 0.493 e. The number of methoxy groups -OCH3 is 3. The SMILES string of the molecule is COc1cc2c(c(OC)c1OC)-c1ccc(NCC(=O)Nc3ccc(-c4ncn[nH]4)cc3)c(=O)cc1[C@@H](NC(C)=O)CC2. The van der Waals surface area contributed by atoms with Crippen molar-refractivity contribution >= 4 is 23.2 Å². The number of aromatic nitrogens is 3. The van der Waals surface area contributed by atoms with Gasteiger partial charge in [0.25, 0.3) is 0 Å². The minimum Gasteiger partial charge on any atom is -0.493 e. The van der Waals surface area contributed by atoms with E-state index < -0.39 is 6.04 Å². The second-order valence-electron chi connectivity index (χ2n) is 9.91. The van der Waals surface area contributed by atoms with Gasteiger partial charge in [0, 0.05) is 23.7 Å². The van der Waals surface area contributed by atoms with Gasteiger partial charge in [-0.05, 0) is 72.0 Å². The molecule has 1 aliphatic rings. The van der Waals surface area contributed by atoms with Gasteiger partial charge >= 0.3 is 0 Å². The number of aryl methyl sites for hydroxylation is 1. The number of ether oxygens (including phenoxy) is 3. The van der Waals surface area contributed by atoms with Crippen molar-refractivity contribution in [2.45, 2.75) is 25.8 Å². The van der Waals surface area contributed by atoms with Gasteiger partial charge in [-0.3, -0.25) is 19.5 Å². The highest BCUT2D eigenvalue weighted by molar-refractivity contribution is 5.94. The Bertz CT molecular complexity index is 1710. The first-order valence-electron chi connectivity index (χ1n) is 13.6. The molecule has 1 atom stereocenters. The van der Waals surface area contributed by atoms with Gasteiger partial charge in [0.15, 0.2) is 17.3 Å². The summed E-state index contributed by atoms with van der Waals surface area (Å²) in [7, 11) is 4.63. The molecule has 12 heteroatoms.